The van der Waals surface area contributed by atoms with E-state index in [1.165, 1.54) is 17.8 Å². The first-order valence-corrected chi connectivity index (χ1v) is 9.57. The predicted molar refractivity (Wildman–Crippen MR) is 109 cm³/mol. The molecule has 0 aliphatic heterocycles. The van der Waals surface area contributed by atoms with Gasteiger partial charge in [-0.2, -0.15) is 0 Å². The van der Waals surface area contributed by atoms with Gasteiger partial charge in [-0.25, -0.2) is 24.9 Å². The molecule has 1 aromatic carbocycles. The van der Waals surface area contributed by atoms with Crippen molar-refractivity contribution in [3.63, 3.8) is 0 Å². The van der Waals surface area contributed by atoms with Gasteiger partial charge in [-0.15, -0.1) is 0 Å². The molecule has 0 unspecified atom stereocenters. The number of H-pyrrole nitrogens is 1. The standard InChI is InChI=1S/C19H17N7OS/c1-11-4-5-14-12(2)22-17(24-15(14)8-11)26-18-23-13(9-16(27)25-18)10-28-19-20-6-3-7-21-19/h3-9H,10H2,1-2H3,(H2,22,23,24,25,26,27). The lowest BCUT2D eigenvalue weighted by molar-refractivity contribution is 0.962. The van der Waals surface area contributed by atoms with Gasteiger partial charge in [0, 0.05) is 29.6 Å². The van der Waals surface area contributed by atoms with E-state index in [0.717, 1.165) is 22.2 Å². The fourth-order valence-corrected chi connectivity index (χ4v) is 3.40. The van der Waals surface area contributed by atoms with Crippen molar-refractivity contribution >= 4 is 34.6 Å². The van der Waals surface area contributed by atoms with Crippen LogP contribution in [0.1, 0.15) is 17.0 Å². The summed E-state index contributed by atoms with van der Waals surface area (Å²) < 4.78 is 0. The smallest absolute Gasteiger partial charge is 0.252 e. The summed E-state index contributed by atoms with van der Waals surface area (Å²) in [6, 6.07) is 9.25. The average Bonchev–Trinajstić information content (AvgIpc) is 2.66. The lowest BCUT2D eigenvalue weighted by Crippen LogP contribution is -2.13. The molecule has 0 bridgehead atoms. The Bertz CT molecular complexity index is 1190. The number of nitrogens with one attached hydrogen (secondary N) is 2. The molecule has 0 fully saturated rings. The van der Waals surface area contributed by atoms with Crippen molar-refractivity contribution in [1.82, 2.24) is 29.9 Å². The highest BCUT2D eigenvalue weighted by molar-refractivity contribution is 7.98. The van der Waals surface area contributed by atoms with Crippen molar-refractivity contribution in [2.75, 3.05) is 5.32 Å². The van der Waals surface area contributed by atoms with E-state index in [1.807, 2.05) is 32.0 Å². The SMILES string of the molecule is Cc1ccc2c(C)nc(Nc3nc(CSc4ncccn4)cc(=O)[nH]3)nc2c1. The molecule has 0 radical (unpaired) electrons. The van der Waals surface area contributed by atoms with Crippen LogP contribution in [-0.4, -0.2) is 29.9 Å². The highest BCUT2D eigenvalue weighted by Gasteiger charge is 2.08. The Morgan fingerprint density at radius 3 is 2.71 bits per heavy atom. The van der Waals surface area contributed by atoms with Crippen LogP contribution >= 0.6 is 11.8 Å². The van der Waals surface area contributed by atoms with Gasteiger partial charge in [-0.3, -0.25) is 15.1 Å². The Hall–Kier alpha value is -3.33. The lowest BCUT2D eigenvalue weighted by Gasteiger charge is -2.08. The Morgan fingerprint density at radius 1 is 1.07 bits per heavy atom. The molecule has 0 amide bonds. The molecule has 0 aliphatic carbocycles. The van der Waals surface area contributed by atoms with E-state index in [4.69, 9.17) is 0 Å². The number of aromatic nitrogens is 6. The molecule has 28 heavy (non-hydrogen) atoms. The Kier molecular flexibility index (Phi) is 4.98. The van der Waals surface area contributed by atoms with Gasteiger partial charge in [0.05, 0.1) is 16.9 Å². The zero-order chi connectivity index (χ0) is 19.5. The van der Waals surface area contributed by atoms with Crippen LogP contribution in [-0.2, 0) is 5.75 Å². The molecule has 4 rings (SSSR count). The molecule has 140 valence electrons. The van der Waals surface area contributed by atoms with Crippen molar-refractivity contribution in [3.05, 3.63) is 70.0 Å². The third kappa shape index (κ3) is 4.15. The molecule has 3 heterocycles. The normalized spacial score (nSPS) is 10.9. The van der Waals surface area contributed by atoms with Crippen molar-refractivity contribution in [2.24, 2.45) is 0 Å². The maximum absolute atomic E-state index is 12.0. The number of nitrogens with zero attached hydrogens (tertiary/aromatic N) is 5. The Morgan fingerprint density at radius 2 is 1.89 bits per heavy atom. The summed E-state index contributed by atoms with van der Waals surface area (Å²) in [7, 11) is 0. The number of thioether (sulfide) groups is 1. The van der Waals surface area contributed by atoms with Gasteiger partial charge in [-0.05, 0) is 31.5 Å². The third-order valence-electron chi connectivity index (χ3n) is 3.96. The van der Waals surface area contributed by atoms with Gasteiger partial charge in [-0.1, -0.05) is 23.9 Å². The summed E-state index contributed by atoms with van der Waals surface area (Å²) in [6.07, 6.45) is 3.35. The zero-order valence-corrected chi connectivity index (χ0v) is 16.1. The van der Waals surface area contributed by atoms with Gasteiger partial charge in [0.2, 0.25) is 11.9 Å². The molecular weight excluding hydrogens is 374 g/mol. The molecule has 9 heteroatoms. The fraction of sp³-hybridized carbons (Fsp3) is 0.158. The van der Waals surface area contributed by atoms with Gasteiger partial charge < -0.3 is 0 Å². The third-order valence-corrected chi connectivity index (χ3v) is 4.87. The van der Waals surface area contributed by atoms with Crippen molar-refractivity contribution in [2.45, 2.75) is 24.8 Å². The van der Waals surface area contributed by atoms with E-state index in [0.29, 0.717) is 28.5 Å². The minimum Gasteiger partial charge on any atom is -0.294 e. The Balaban J connectivity index is 1.58. The van der Waals surface area contributed by atoms with E-state index in [-0.39, 0.29) is 5.56 Å². The fourth-order valence-electron chi connectivity index (χ4n) is 2.70. The van der Waals surface area contributed by atoms with E-state index in [2.05, 4.69) is 35.2 Å². The van der Waals surface area contributed by atoms with Crippen LogP contribution < -0.4 is 10.9 Å². The van der Waals surface area contributed by atoms with Gasteiger partial charge in [0.25, 0.3) is 5.56 Å². The van der Waals surface area contributed by atoms with Gasteiger partial charge in [0.1, 0.15) is 0 Å². The largest absolute Gasteiger partial charge is 0.294 e. The number of fused-ring (bicyclic) bond motifs is 1. The quantitative estimate of drug-likeness (QED) is 0.394. The number of aryl methyl sites for hydroxylation is 2. The van der Waals surface area contributed by atoms with E-state index >= 15 is 0 Å². The molecule has 0 aliphatic rings. The minimum absolute atomic E-state index is 0.254. The average molecular weight is 391 g/mol. The van der Waals surface area contributed by atoms with Gasteiger partial charge >= 0.3 is 0 Å². The second kappa shape index (κ2) is 7.73. The molecule has 0 saturated carbocycles. The van der Waals surface area contributed by atoms with Gasteiger partial charge in [0.15, 0.2) is 5.16 Å². The molecular formula is C19H17N7OS. The first-order valence-electron chi connectivity index (χ1n) is 8.59. The number of benzene rings is 1. The van der Waals surface area contributed by atoms with Crippen LogP contribution in [0.2, 0.25) is 0 Å². The van der Waals surface area contributed by atoms with E-state index in [9.17, 15) is 4.79 Å². The number of rotatable bonds is 5. The highest BCUT2D eigenvalue weighted by atomic mass is 32.2. The number of anilines is 2. The van der Waals surface area contributed by atoms with E-state index in [1.54, 1.807) is 18.5 Å². The van der Waals surface area contributed by atoms with Crippen LogP contribution in [0.4, 0.5) is 11.9 Å². The summed E-state index contributed by atoms with van der Waals surface area (Å²) in [4.78, 5) is 36.5. The monoisotopic (exact) mass is 391 g/mol. The van der Waals surface area contributed by atoms with Crippen LogP contribution in [0, 0.1) is 13.8 Å². The van der Waals surface area contributed by atoms with E-state index < -0.39 is 0 Å². The first-order chi connectivity index (χ1) is 13.6. The summed E-state index contributed by atoms with van der Waals surface area (Å²) in [5.41, 5.74) is 3.16. The summed E-state index contributed by atoms with van der Waals surface area (Å²) in [6.45, 7) is 3.94. The number of hydrogen-bond donors (Lipinski definition) is 2. The molecule has 0 saturated heterocycles. The molecule has 4 aromatic rings. The summed E-state index contributed by atoms with van der Waals surface area (Å²) >= 11 is 1.41. The maximum Gasteiger partial charge on any atom is 0.252 e. The molecule has 0 spiro atoms. The lowest BCUT2D eigenvalue weighted by atomic mass is 10.1. The predicted octanol–water partition coefficient (Wildman–Crippen LogP) is 3.16. The number of hydrogen-bond acceptors (Lipinski definition) is 8. The van der Waals surface area contributed by atoms with Crippen LogP contribution in [0.15, 0.2) is 52.7 Å². The van der Waals surface area contributed by atoms with Crippen LogP contribution in [0.5, 0.6) is 0 Å². The van der Waals surface area contributed by atoms with Crippen LogP contribution in [0.3, 0.4) is 0 Å². The topological polar surface area (TPSA) is 109 Å². The van der Waals surface area contributed by atoms with Crippen LogP contribution in [0.25, 0.3) is 10.9 Å². The zero-order valence-electron chi connectivity index (χ0n) is 15.3. The second-order valence-electron chi connectivity index (χ2n) is 6.18. The molecule has 0 atom stereocenters. The van der Waals surface area contributed by atoms with Crippen molar-refractivity contribution in [1.29, 1.82) is 0 Å². The van der Waals surface area contributed by atoms with Crippen molar-refractivity contribution < 1.29 is 0 Å². The van der Waals surface area contributed by atoms with Crippen molar-refractivity contribution in [3.8, 4) is 0 Å². The summed E-state index contributed by atoms with van der Waals surface area (Å²) in [5.74, 6) is 1.15. The second-order valence-corrected chi connectivity index (χ2v) is 7.13. The maximum atomic E-state index is 12.0. The number of aromatic amines is 1. The first kappa shape index (κ1) is 18.1. The molecule has 3 aromatic heterocycles. The molecule has 8 nitrogen and oxygen atoms in total. The highest BCUT2D eigenvalue weighted by Crippen LogP contribution is 2.20. The summed E-state index contributed by atoms with van der Waals surface area (Å²) in [5, 5.41) is 4.63. The minimum atomic E-state index is -0.254. The molecule has 2 N–H and O–H groups in total. The Labute approximate surface area is 164 Å².